The molecule has 0 bridgehead atoms. The molecule has 0 aliphatic carbocycles. The molecule has 1 aromatic heterocycles. The molecule has 2 aromatic carbocycles. The first-order chi connectivity index (χ1) is 21.3. The molecular weight excluding hydrogens is 560 g/mol. The first kappa shape index (κ1) is 31.7. The lowest BCUT2D eigenvalue weighted by Crippen LogP contribution is -2.45. The molecule has 238 valence electrons. The van der Waals surface area contributed by atoms with Crippen LogP contribution in [-0.2, 0) is 16.1 Å². The number of benzene rings is 2. The zero-order chi connectivity index (χ0) is 31.2. The number of fused-ring (bicyclic) bond motifs is 2. The van der Waals surface area contributed by atoms with Crippen LogP contribution in [0.4, 0.5) is 0 Å². The molecule has 1 saturated heterocycles. The van der Waals surface area contributed by atoms with Gasteiger partial charge >= 0.3 is 5.97 Å². The van der Waals surface area contributed by atoms with Gasteiger partial charge in [-0.3, -0.25) is 14.5 Å². The minimum atomic E-state index is -0.888. The molecule has 2 N–H and O–H groups in total. The summed E-state index contributed by atoms with van der Waals surface area (Å²) in [6.45, 7) is 5.67. The lowest BCUT2D eigenvalue weighted by molar-refractivity contribution is -0.144. The van der Waals surface area contributed by atoms with Crippen LogP contribution < -0.4 is 9.47 Å². The van der Waals surface area contributed by atoms with Crippen molar-refractivity contribution in [1.82, 2.24) is 19.3 Å². The van der Waals surface area contributed by atoms with Crippen LogP contribution in [-0.4, -0.2) is 101 Å². The van der Waals surface area contributed by atoms with E-state index in [4.69, 9.17) is 9.47 Å². The van der Waals surface area contributed by atoms with Crippen molar-refractivity contribution >= 4 is 22.6 Å². The summed E-state index contributed by atoms with van der Waals surface area (Å²) in [5, 5.41) is 23.2. The first-order valence-corrected chi connectivity index (χ1v) is 15.8. The minimum absolute atomic E-state index is 0.0401. The molecule has 1 amide bonds. The quantitative estimate of drug-likeness (QED) is 0.242. The number of aliphatic carboxylic acids is 1. The second kappa shape index (κ2) is 14.3. The van der Waals surface area contributed by atoms with E-state index >= 15 is 0 Å². The number of carboxylic acids is 1. The zero-order valence-electron chi connectivity index (χ0n) is 26.2. The SMILES string of the molecule is CCCCN(CCCCN(C)C)C(=O)CN1C[C@H](c2ccc3c(c2)OCO3)[C@@H](C(=O)O)[C@@H]1CCn1cc2ccccc2c1O. The number of unbranched alkanes of at least 4 members (excludes halogenated alkanes) is 2. The van der Waals surface area contributed by atoms with Gasteiger partial charge in [-0.05, 0) is 70.1 Å². The lowest BCUT2D eigenvalue weighted by Gasteiger charge is -2.30. The Balaban J connectivity index is 1.39. The molecule has 3 atom stereocenters. The molecule has 2 aliphatic heterocycles. The third-order valence-electron chi connectivity index (χ3n) is 9.05. The topological polar surface area (TPSA) is 108 Å². The number of nitrogens with zero attached hydrogens (tertiary/aromatic N) is 4. The Bertz CT molecular complexity index is 1440. The molecule has 3 heterocycles. The summed E-state index contributed by atoms with van der Waals surface area (Å²) in [6.07, 6.45) is 6.24. The number of carbonyl (C=O) groups excluding carboxylic acids is 1. The fourth-order valence-corrected chi connectivity index (χ4v) is 6.69. The second-order valence-electron chi connectivity index (χ2n) is 12.3. The predicted octanol–water partition coefficient (Wildman–Crippen LogP) is 4.61. The van der Waals surface area contributed by atoms with E-state index in [9.17, 15) is 19.8 Å². The highest BCUT2D eigenvalue weighted by molar-refractivity contribution is 5.87. The van der Waals surface area contributed by atoms with E-state index in [-0.39, 0.29) is 31.0 Å². The van der Waals surface area contributed by atoms with Crippen molar-refractivity contribution in [1.29, 1.82) is 0 Å². The van der Waals surface area contributed by atoms with E-state index in [1.807, 2.05) is 53.6 Å². The van der Waals surface area contributed by atoms with Gasteiger partial charge in [0.25, 0.3) is 0 Å². The number of hydrogen-bond donors (Lipinski definition) is 2. The number of aromatic nitrogens is 1. The Morgan fingerprint density at radius 1 is 1.00 bits per heavy atom. The summed E-state index contributed by atoms with van der Waals surface area (Å²) in [6, 6.07) is 12.9. The fraction of sp³-hybridized carbons (Fsp3) is 0.529. The maximum absolute atomic E-state index is 13.8. The van der Waals surface area contributed by atoms with Gasteiger partial charge in [-0.1, -0.05) is 37.6 Å². The molecule has 10 nitrogen and oxygen atoms in total. The summed E-state index contributed by atoms with van der Waals surface area (Å²) >= 11 is 0. The molecule has 1 fully saturated rings. The Labute approximate surface area is 259 Å². The van der Waals surface area contributed by atoms with E-state index in [2.05, 4.69) is 30.8 Å². The summed E-state index contributed by atoms with van der Waals surface area (Å²) in [7, 11) is 4.11. The number of amides is 1. The highest BCUT2D eigenvalue weighted by atomic mass is 16.7. The van der Waals surface area contributed by atoms with Crippen molar-refractivity contribution in [2.75, 3.05) is 53.6 Å². The first-order valence-electron chi connectivity index (χ1n) is 15.8. The fourth-order valence-electron chi connectivity index (χ4n) is 6.69. The highest BCUT2D eigenvalue weighted by Gasteiger charge is 2.47. The normalized spacial score (nSPS) is 19.7. The van der Waals surface area contributed by atoms with Gasteiger partial charge in [0.2, 0.25) is 12.7 Å². The van der Waals surface area contributed by atoms with Crippen LogP contribution in [0.5, 0.6) is 17.4 Å². The van der Waals surface area contributed by atoms with Crippen molar-refractivity contribution in [2.24, 2.45) is 5.92 Å². The van der Waals surface area contributed by atoms with Crippen molar-refractivity contribution < 1.29 is 29.3 Å². The Kier molecular flexibility index (Phi) is 10.3. The van der Waals surface area contributed by atoms with Crippen LogP contribution in [0.25, 0.3) is 10.8 Å². The van der Waals surface area contributed by atoms with Gasteiger partial charge in [0.05, 0.1) is 12.5 Å². The van der Waals surface area contributed by atoms with E-state index < -0.39 is 17.9 Å². The minimum Gasteiger partial charge on any atom is -0.494 e. The number of carbonyl (C=O) groups is 2. The van der Waals surface area contributed by atoms with E-state index in [1.165, 1.54) is 0 Å². The van der Waals surface area contributed by atoms with Gasteiger partial charge in [-0.25, -0.2) is 0 Å². The Morgan fingerprint density at radius 3 is 2.50 bits per heavy atom. The molecule has 0 spiro atoms. The van der Waals surface area contributed by atoms with Gasteiger partial charge in [-0.2, -0.15) is 0 Å². The molecule has 0 radical (unpaired) electrons. The zero-order valence-corrected chi connectivity index (χ0v) is 26.2. The van der Waals surface area contributed by atoms with Gasteiger partial charge in [-0.15, -0.1) is 0 Å². The molecular formula is C34H46N4O6. The summed E-state index contributed by atoms with van der Waals surface area (Å²) in [4.78, 5) is 33.0. The Morgan fingerprint density at radius 2 is 1.75 bits per heavy atom. The molecule has 5 rings (SSSR count). The van der Waals surface area contributed by atoms with Gasteiger partial charge in [0.1, 0.15) is 0 Å². The Hall–Kier alpha value is -3.76. The number of likely N-dealkylation sites (tertiary alicyclic amines) is 1. The van der Waals surface area contributed by atoms with E-state index in [1.54, 1.807) is 4.57 Å². The van der Waals surface area contributed by atoms with Crippen LogP contribution in [0.3, 0.4) is 0 Å². The number of hydrogen-bond acceptors (Lipinski definition) is 7. The number of aromatic hydroxyl groups is 1. The third-order valence-corrected chi connectivity index (χ3v) is 9.05. The smallest absolute Gasteiger partial charge is 0.308 e. The summed E-state index contributed by atoms with van der Waals surface area (Å²) in [5.41, 5.74) is 0.864. The van der Waals surface area contributed by atoms with Crippen LogP contribution >= 0.6 is 0 Å². The molecule has 10 heteroatoms. The maximum Gasteiger partial charge on any atom is 0.308 e. The summed E-state index contributed by atoms with van der Waals surface area (Å²) in [5.74, 6) is -0.479. The van der Waals surface area contributed by atoms with E-state index in [0.29, 0.717) is 44.1 Å². The molecule has 0 unspecified atom stereocenters. The van der Waals surface area contributed by atoms with Crippen LogP contribution in [0.1, 0.15) is 50.5 Å². The van der Waals surface area contributed by atoms with Crippen LogP contribution in [0.15, 0.2) is 48.7 Å². The van der Waals surface area contributed by atoms with Gasteiger partial charge in [0, 0.05) is 55.1 Å². The highest BCUT2D eigenvalue weighted by Crippen LogP contribution is 2.43. The lowest BCUT2D eigenvalue weighted by atomic mass is 9.84. The monoisotopic (exact) mass is 606 g/mol. The van der Waals surface area contributed by atoms with E-state index in [0.717, 1.165) is 48.6 Å². The molecule has 44 heavy (non-hydrogen) atoms. The maximum atomic E-state index is 13.8. The number of carboxylic acid groups (broad SMARTS) is 1. The van der Waals surface area contributed by atoms with Crippen molar-refractivity contribution in [3.05, 3.63) is 54.2 Å². The number of ether oxygens (including phenoxy) is 2. The third kappa shape index (κ3) is 7.13. The van der Waals surface area contributed by atoms with Gasteiger partial charge in [0.15, 0.2) is 17.4 Å². The summed E-state index contributed by atoms with van der Waals surface area (Å²) < 4.78 is 12.9. The average molecular weight is 607 g/mol. The van der Waals surface area contributed by atoms with Crippen LogP contribution in [0, 0.1) is 5.92 Å². The van der Waals surface area contributed by atoms with Crippen molar-refractivity contribution in [2.45, 2.75) is 57.5 Å². The van der Waals surface area contributed by atoms with Crippen molar-refractivity contribution in [3.8, 4) is 17.4 Å². The predicted molar refractivity (Wildman–Crippen MR) is 169 cm³/mol. The molecule has 2 aliphatic rings. The number of rotatable bonds is 15. The standard InChI is InChI=1S/C34H46N4O6/c1-4-5-16-36(17-9-8-15-35(2)3)31(39)22-38-21-27(24-12-13-29-30(19-24)44-23-43-29)32(34(41)42)28(38)14-18-37-20-25-10-6-7-11-26(25)33(37)40/h6-7,10-13,19-20,27-28,32,40H,4-5,8-9,14-18,21-23H2,1-3H3,(H,41,42)/t27-,28+,32-/m1/s1. The largest absolute Gasteiger partial charge is 0.494 e. The average Bonchev–Trinajstić information content (AvgIpc) is 3.70. The van der Waals surface area contributed by atoms with Gasteiger partial charge < -0.3 is 34.1 Å². The second-order valence-corrected chi connectivity index (χ2v) is 12.3. The molecule has 3 aromatic rings. The molecule has 0 saturated carbocycles. The number of aryl methyl sites for hydroxylation is 1. The van der Waals surface area contributed by atoms with Crippen molar-refractivity contribution in [3.63, 3.8) is 0 Å². The van der Waals surface area contributed by atoms with Crippen LogP contribution in [0.2, 0.25) is 0 Å².